The van der Waals surface area contributed by atoms with Gasteiger partial charge in [0.1, 0.15) is 5.75 Å². The van der Waals surface area contributed by atoms with Crippen molar-refractivity contribution < 1.29 is 9.53 Å². The van der Waals surface area contributed by atoms with Crippen LogP contribution in [0.4, 0.5) is 0 Å². The molecule has 2 rings (SSSR count). The highest BCUT2D eigenvalue weighted by molar-refractivity contribution is 5.79. The summed E-state index contributed by atoms with van der Waals surface area (Å²) in [5, 5.41) is 3.04. The lowest BCUT2D eigenvalue weighted by Gasteiger charge is -2.16. The molecule has 1 amide bonds. The maximum atomic E-state index is 12.2. The first-order chi connectivity index (χ1) is 10.1. The van der Waals surface area contributed by atoms with Gasteiger partial charge in [0.15, 0.2) is 0 Å². The van der Waals surface area contributed by atoms with E-state index < -0.39 is 0 Å². The topological polar surface area (TPSA) is 38.3 Å². The average molecular weight is 283 g/mol. The number of amides is 1. The molecule has 0 saturated carbocycles. The van der Waals surface area contributed by atoms with Crippen LogP contribution in [0.5, 0.6) is 5.75 Å². The first-order valence-corrected chi connectivity index (χ1v) is 7.08. The van der Waals surface area contributed by atoms with Crippen LogP contribution in [-0.4, -0.2) is 13.0 Å². The van der Waals surface area contributed by atoms with Crippen molar-refractivity contribution in [3.05, 3.63) is 65.2 Å². The SMILES string of the molecule is COc1cccc(CC(=O)NC(C)c2ccccc2C)c1. The molecule has 21 heavy (non-hydrogen) atoms. The van der Waals surface area contributed by atoms with Crippen molar-refractivity contribution in [3.8, 4) is 5.75 Å². The highest BCUT2D eigenvalue weighted by atomic mass is 16.5. The summed E-state index contributed by atoms with van der Waals surface area (Å²) in [5.41, 5.74) is 3.28. The van der Waals surface area contributed by atoms with E-state index in [4.69, 9.17) is 4.74 Å². The zero-order chi connectivity index (χ0) is 15.2. The molecule has 1 atom stereocenters. The standard InChI is InChI=1S/C18H21NO2/c1-13-7-4-5-10-17(13)14(2)19-18(20)12-15-8-6-9-16(11-15)21-3/h4-11,14H,12H2,1-3H3,(H,19,20). The van der Waals surface area contributed by atoms with Gasteiger partial charge < -0.3 is 10.1 Å². The molecule has 0 saturated heterocycles. The van der Waals surface area contributed by atoms with Crippen molar-refractivity contribution in [2.75, 3.05) is 7.11 Å². The van der Waals surface area contributed by atoms with Crippen LogP contribution in [0, 0.1) is 6.92 Å². The molecule has 3 nitrogen and oxygen atoms in total. The highest BCUT2D eigenvalue weighted by Gasteiger charge is 2.11. The van der Waals surface area contributed by atoms with Gasteiger partial charge in [0.2, 0.25) is 5.91 Å². The van der Waals surface area contributed by atoms with Crippen LogP contribution in [0.3, 0.4) is 0 Å². The van der Waals surface area contributed by atoms with Crippen molar-refractivity contribution in [2.45, 2.75) is 26.3 Å². The van der Waals surface area contributed by atoms with Crippen LogP contribution in [0.2, 0.25) is 0 Å². The van der Waals surface area contributed by atoms with Crippen LogP contribution < -0.4 is 10.1 Å². The summed E-state index contributed by atoms with van der Waals surface area (Å²) in [6.45, 7) is 4.06. The molecule has 3 heteroatoms. The lowest BCUT2D eigenvalue weighted by molar-refractivity contribution is -0.121. The Morgan fingerprint density at radius 3 is 2.67 bits per heavy atom. The van der Waals surface area contributed by atoms with E-state index in [0.29, 0.717) is 6.42 Å². The van der Waals surface area contributed by atoms with Crippen LogP contribution in [0.1, 0.15) is 29.7 Å². The van der Waals surface area contributed by atoms with Gasteiger partial charge in [-0.2, -0.15) is 0 Å². The van der Waals surface area contributed by atoms with Gasteiger partial charge >= 0.3 is 0 Å². The Labute approximate surface area is 126 Å². The van der Waals surface area contributed by atoms with Gasteiger partial charge in [0, 0.05) is 0 Å². The fourth-order valence-electron chi connectivity index (χ4n) is 2.41. The molecular formula is C18H21NO2. The van der Waals surface area contributed by atoms with Crippen LogP contribution in [-0.2, 0) is 11.2 Å². The van der Waals surface area contributed by atoms with Gasteiger partial charge in [-0.15, -0.1) is 0 Å². The van der Waals surface area contributed by atoms with Gasteiger partial charge in [0.25, 0.3) is 0 Å². The number of carbonyl (C=O) groups excluding carboxylic acids is 1. The number of ether oxygens (including phenoxy) is 1. The molecule has 0 aliphatic rings. The Morgan fingerprint density at radius 1 is 1.19 bits per heavy atom. The molecular weight excluding hydrogens is 262 g/mol. The first-order valence-electron chi connectivity index (χ1n) is 7.08. The summed E-state index contributed by atoms with van der Waals surface area (Å²) in [5.74, 6) is 0.784. The number of nitrogens with one attached hydrogen (secondary N) is 1. The third-order valence-electron chi connectivity index (χ3n) is 3.53. The lowest BCUT2D eigenvalue weighted by Crippen LogP contribution is -2.28. The molecule has 0 aromatic heterocycles. The highest BCUT2D eigenvalue weighted by Crippen LogP contribution is 2.17. The molecule has 0 heterocycles. The van der Waals surface area contributed by atoms with Crippen LogP contribution in [0.15, 0.2) is 48.5 Å². The second-order valence-corrected chi connectivity index (χ2v) is 5.17. The Hall–Kier alpha value is -2.29. The fourth-order valence-corrected chi connectivity index (χ4v) is 2.41. The molecule has 110 valence electrons. The summed E-state index contributed by atoms with van der Waals surface area (Å²) in [6, 6.07) is 15.7. The minimum atomic E-state index is 0.00399. The summed E-state index contributed by atoms with van der Waals surface area (Å²) >= 11 is 0. The molecule has 1 N–H and O–H groups in total. The van der Waals surface area contributed by atoms with Crippen LogP contribution in [0.25, 0.3) is 0 Å². The largest absolute Gasteiger partial charge is 0.497 e. The molecule has 0 spiro atoms. The Morgan fingerprint density at radius 2 is 1.95 bits per heavy atom. The lowest BCUT2D eigenvalue weighted by atomic mass is 10.0. The second kappa shape index (κ2) is 6.93. The molecule has 0 aliphatic heterocycles. The normalized spacial score (nSPS) is 11.8. The fraction of sp³-hybridized carbons (Fsp3) is 0.278. The zero-order valence-electron chi connectivity index (χ0n) is 12.7. The number of methoxy groups -OCH3 is 1. The molecule has 0 aliphatic carbocycles. The van der Waals surface area contributed by atoms with E-state index in [1.54, 1.807) is 7.11 Å². The van der Waals surface area contributed by atoms with E-state index in [1.807, 2.05) is 49.4 Å². The average Bonchev–Trinajstić information content (AvgIpc) is 2.47. The van der Waals surface area contributed by atoms with E-state index in [0.717, 1.165) is 16.9 Å². The van der Waals surface area contributed by atoms with Crippen molar-refractivity contribution in [1.82, 2.24) is 5.32 Å². The summed E-state index contributed by atoms with van der Waals surface area (Å²) in [6.07, 6.45) is 0.355. The molecule has 0 fully saturated rings. The predicted molar refractivity (Wildman–Crippen MR) is 84.4 cm³/mol. The minimum Gasteiger partial charge on any atom is -0.497 e. The first kappa shape index (κ1) is 15.1. The second-order valence-electron chi connectivity index (χ2n) is 5.17. The van der Waals surface area contributed by atoms with Crippen molar-refractivity contribution in [2.24, 2.45) is 0 Å². The Balaban J connectivity index is 2.00. The van der Waals surface area contributed by atoms with Crippen molar-refractivity contribution >= 4 is 5.91 Å². The van der Waals surface area contributed by atoms with Gasteiger partial charge in [-0.05, 0) is 42.7 Å². The molecule has 1 unspecified atom stereocenters. The quantitative estimate of drug-likeness (QED) is 0.913. The minimum absolute atomic E-state index is 0.00399. The van der Waals surface area contributed by atoms with Gasteiger partial charge in [-0.25, -0.2) is 0 Å². The molecule has 2 aromatic carbocycles. The maximum Gasteiger partial charge on any atom is 0.224 e. The number of benzene rings is 2. The van der Waals surface area contributed by atoms with Crippen molar-refractivity contribution in [1.29, 1.82) is 0 Å². The number of hydrogen-bond acceptors (Lipinski definition) is 2. The smallest absolute Gasteiger partial charge is 0.224 e. The number of hydrogen-bond donors (Lipinski definition) is 1. The Bertz CT molecular complexity index is 622. The van der Waals surface area contributed by atoms with E-state index in [9.17, 15) is 4.79 Å². The number of rotatable bonds is 5. The molecule has 0 bridgehead atoms. The predicted octanol–water partition coefficient (Wildman–Crippen LogP) is 3.42. The number of aryl methyl sites for hydroxylation is 1. The summed E-state index contributed by atoms with van der Waals surface area (Å²) in [4.78, 5) is 12.2. The van der Waals surface area contributed by atoms with E-state index >= 15 is 0 Å². The van der Waals surface area contributed by atoms with E-state index in [2.05, 4.69) is 18.3 Å². The Kier molecular flexibility index (Phi) is 4.99. The van der Waals surface area contributed by atoms with Gasteiger partial charge in [-0.3, -0.25) is 4.79 Å². The number of carbonyl (C=O) groups is 1. The van der Waals surface area contributed by atoms with Gasteiger partial charge in [0.05, 0.1) is 19.6 Å². The van der Waals surface area contributed by atoms with Crippen LogP contribution >= 0.6 is 0 Å². The summed E-state index contributed by atoms with van der Waals surface area (Å²) < 4.78 is 5.17. The zero-order valence-corrected chi connectivity index (χ0v) is 12.7. The molecule has 2 aromatic rings. The van der Waals surface area contributed by atoms with E-state index in [-0.39, 0.29) is 11.9 Å². The van der Waals surface area contributed by atoms with E-state index in [1.165, 1.54) is 5.56 Å². The summed E-state index contributed by atoms with van der Waals surface area (Å²) in [7, 11) is 1.62. The van der Waals surface area contributed by atoms with Gasteiger partial charge in [-0.1, -0.05) is 36.4 Å². The maximum absolute atomic E-state index is 12.2. The van der Waals surface area contributed by atoms with Crippen molar-refractivity contribution in [3.63, 3.8) is 0 Å². The third kappa shape index (κ3) is 4.09. The third-order valence-corrected chi connectivity index (χ3v) is 3.53. The molecule has 0 radical (unpaired) electrons. The monoisotopic (exact) mass is 283 g/mol.